The lowest BCUT2D eigenvalue weighted by molar-refractivity contribution is 0.467. The second-order valence-corrected chi connectivity index (χ2v) is 8.23. The Morgan fingerprint density at radius 1 is 1.00 bits per heavy atom. The number of aromatic hydroxyl groups is 1. The van der Waals surface area contributed by atoms with Gasteiger partial charge in [0.15, 0.2) is 5.84 Å². The zero-order valence-corrected chi connectivity index (χ0v) is 16.9. The van der Waals surface area contributed by atoms with Crippen molar-refractivity contribution in [3.63, 3.8) is 0 Å². The fraction of sp³-hybridized carbons (Fsp3) is 0.0952. The highest BCUT2D eigenvalue weighted by Crippen LogP contribution is 2.35. The first-order valence-electron chi connectivity index (χ1n) is 8.50. The van der Waals surface area contributed by atoms with Crippen molar-refractivity contribution in [2.45, 2.75) is 18.7 Å². The number of sulfonamides is 1. The normalized spacial score (nSPS) is 12.0. The number of hydrogen-bond acceptors (Lipinski definition) is 3. The number of amidine groups is 1. The second-order valence-electron chi connectivity index (χ2n) is 6.25. The topological polar surface area (TPSA) is 78.8 Å². The maximum atomic E-state index is 12.8. The molecule has 0 aliphatic carbocycles. The molecule has 0 amide bonds. The van der Waals surface area contributed by atoms with Crippen molar-refractivity contribution in [2.24, 2.45) is 4.40 Å². The Kier molecular flexibility index (Phi) is 5.72. The van der Waals surface area contributed by atoms with Crippen LogP contribution in [0.15, 0.2) is 76.0 Å². The number of aryl methyl sites for hydroxylation is 1. The molecule has 5 nitrogen and oxygen atoms in total. The molecule has 144 valence electrons. The molecule has 3 rings (SSSR count). The highest BCUT2D eigenvalue weighted by atomic mass is 35.5. The lowest BCUT2D eigenvalue weighted by Gasteiger charge is -2.15. The van der Waals surface area contributed by atoms with Crippen LogP contribution in [0, 0.1) is 13.8 Å². The number of halogens is 1. The molecule has 0 aromatic heterocycles. The monoisotopic (exact) mass is 414 g/mol. The van der Waals surface area contributed by atoms with Crippen molar-refractivity contribution in [3.8, 4) is 5.75 Å². The number of phenols is 1. The number of anilines is 1. The van der Waals surface area contributed by atoms with Crippen molar-refractivity contribution in [3.05, 3.63) is 88.4 Å². The van der Waals surface area contributed by atoms with Crippen LogP contribution in [-0.4, -0.2) is 19.4 Å². The number of nitrogens with zero attached hydrogens (tertiary/aromatic N) is 1. The predicted octanol–water partition coefficient (Wildman–Crippen LogP) is 4.91. The molecule has 3 aromatic carbocycles. The summed E-state index contributed by atoms with van der Waals surface area (Å²) in [6, 6.07) is 18.6. The van der Waals surface area contributed by atoms with E-state index in [1.807, 2.05) is 6.07 Å². The van der Waals surface area contributed by atoms with Gasteiger partial charge in [0, 0.05) is 11.1 Å². The van der Waals surface area contributed by atoms with Crippen LogP contribution in [0.25, 0.3) is 0 Å². The van der Waals surface area contributed by atoms with Gasteiger partial charge in [0.25, 0.3) is 10.0 Å². The number of phenolic OH excluding ortho intramolecular Hbond substituents is 1. The van der Waals surface area contributed by atoms with E-state index in [0.717, 1.165) is 0 Å². The van der Waals surface area contributed by atoms with E-state index in [4.69, 9.17) is 11.6 Å². The molecule has 2 N–H and O–H groups in total. The third-order valence-corrected chi connectivity index (χ3v) is 5.99. The summed E-state index contributed by atoms with van der Waals surface area (Å²) in [6.45, 7) is 3.43. The van der Waals surface area contributed by atoms with Gasteiger partial charge in [0.1, 0.15) is 5.75 Å². The van der Waals surface area contributed by atoms with E-state index in [1.165, 1.54) is 12.1 Å². The highest BCUT2D eigenvalue weighted by molar-refractivity contribution is 7.90. The molecule has 0 saturated heterocycles. The van der Waals surface area contributed by atoms with Crippen molar-refractivity contribution < 1.29 is 13.5 Å². The molecule has 28 heavy (non-hydrogen) atoms. The fourth-order valence-electron chi connectivity index (χ4n) is 2.68. The summed E-state index contributed by atoms with van der Waals surface area (Å²) in [4.78, 5) is 0.0920. The smallest absolute Gasteiger partial charge is 0.284 e. The quantitative estimate of drug-likeness (QED) is 0.361. The molecule has 0 aliphatic heterocycles. The van der Waals surface area contributed by atoms with E-state index in [9.17, 15) is 13.5 Å². The van der Waals surface area contributed by atoms with Crippen molar-refractivity contribution in [2.75, 3.05) is 5.32 Å². The minimum absolute atomic E-state index is 0.0920. The fourth-order valence-corrected chi connectivity index (χ4v) is 3.87. The van der Waals surface area contributed by atoms with Gasteiger partial charge in [-0.05, 0) is 37.6 Å². The van der Waals surface area contributed by atoms with Crippen LogP contribution < -0.4 is 5.32 Å². The Morgan fingerprint density at radius 2 is 1.57 bits per heavy atom. The first-order chi connectivity index (χ1) is 13.3. The first-order valence-corrected chi connectivity index (χ1v) is 10.3. The maximum absolute atomic E-state index is 12.8. The molecular formula is C21H19ClN2O3S. The first kappa shape index (κ1) is 19.9. The molecule has 0 bridgehead atoms. The summed E-state index contributed by atoms with van der Waals surface area (Å²) in [5, 5.41) is 13.4. The third kappa shape index (κ3) is 4.18. The highest BCUT2D eigenvalue weighted by Gasteiger charge is 2.18. The number of hydrogen-bond donors (Lipinski definition) is 2. The molecule has 0 aliphatic rings. The minimum Gasteiger partial charge on any atom is -0.507 e. The molecule has 3 aromatic rings. The van der Waals surface area contributed by atoms with Gasteiger partial charge in [-0.2, -0.15) is 8.42 Å². The van der Waals surface area contributed by atoms with Gasteiger partial charge in [0.2, 0.25) is 0 Å². The molecule has 0 spiro atoms. The molecule has 0 radical (unpaired) electrons. The van der Waals surface area contributed by atoms with E-state index in [-0.39, 0.29) is 16.5 Å². The van der Waals surface area contributed by atoms with Crippen molar-refractivity contribution >= 4 is 33.1 Å². The van der Waals surface area contributed by atoms with Crippen LogP contribution in [0.1, 0.15) is 16.7 Å². The van der Waals surface area contributed by atoms with Crippen LogP contribution in [0.5, 0.6) is 5.75 Å². The van der Waals surface area contributed by atoms with E-state index in [2.05, 4.69) is 9.71 Å². The summed E-state index contributed by atoms with van der Waals surface area (Å²) in [7, 11) is -3.94. The Labute approximate surface area is 169 Å². The number of nitrogens with one attached hydrogen (secondary N) is 1. The van der Waals surface area contributed by atoms with E-state index in [0.29, 0.717) is 27.4 Å². The lowest BCUT2D eigenvalue weighted by Crippen LogP contribution is -2.17. The molecule has 7 heteroatoms. The summed E-state index contributed by atoms with van der Waals surface area (Å²) < 4.78 is 29.6. The maximum Gasteiger partial charge on any atom is 0.284 e. The van der Waals surface area contributed by atoms with Crippen LogP contribution in [-0.2, 0) is 10.0 Å². The average molecular weight is 415 g/mol. The van der Waals surface area contributed by atoms with E-state index >= 15 is 0 Å². The molecule has 0 heterocycles. The van der Waals surface area contributed by atoms with Crippen molar-refractivity contribution in [1.29, 1.82) is 0 Å². The summed E-state index contributed by atoms with van der Waals surface area (Å²) in [5.74, 6) is 0.237. The summed E-state index contributed by atoms with van der Waals surface area (Å²) in [5.41, 5.74) is 2.16. The van der Waals surface area contributed by atoms with Crippen LogP contribution >= 0.6 is 11.6 Å². The zero-order chi connectivity index (χ0) is 20.3. The average Bonchev–Trinajstić information content (AvgIpc) is 2.71. The second kappa shape index (κ2) is 8.04. The van der Waals surface area contributed by atoms with Crippen molar-refractivity contribution in [1.82, 2.24) is 0 Å². The van der Waals surface area contributed by atoms with Crippen LogP contribution in [0.3, 0.4) is 0 Å². The Balaban J connectivity index is 2.13. The van der Waals surface area contributed by atoms with Gasteiger partial charge >= 0.3 is 0 Å². The number of rotatable bonds is 4. The van der Waals surface area contributed by atoms with Crippen LogP contribution in [0.2, 0.25) is 5.02 Å². The molecule has 0 unspecified atom stereocenters. The van der Waals surface area contributed by atoms with Crippen LogP contribution in [0.4, 0.5) is 5.69 Å². The van der Waals surface area contributed by atoms with E-state index < -0.39 is 10.0 Å². The lowest BCUT2D eigenvalue weighted by atomic mass is 10.1. The molecule has 0 fully saturated rings. The Hall–Kier alpha value is -2.83. The molecule has 0 atom stereocenters. The zero-order valence-electron chi connectivity index (χ0n) is 15.3. The minimum atomic E-state index is -3.94. The molecular weight excluding hydrogens is 396 g/mol. The Bertz CT molecular complexity index is 1130. The largest absolute Gasteiger partial charge is 0.507 e. The van der Waals surface area contributed by atoms with E-state index in [1.54, 1.807) is 62.4 Å². The van der Waals surface area contributed by atoms with Gasteiger partial charge in [-0.1, -0.05) is 60.1 Å². The third-order valence-electron chi connectivity index (χ3n) is 4.21. The van der Waals surface area contributed by atoms with Gasteiger partial charge in [-0.3, -0.25) is 0 Å². The van der Waals surface area contributed by atoms with Gasteiger partial charge in [0.05, 0.1) is 15.6 Å². The van der Waals surface area contributed by atoms with Gasteiger partial charge in [-0.25, -0.2) is 0 Å². The van der Waals surface area contributed by atoms with Gasteiger partial charge < -0.3 is 10.4 Å². The predicted molar refractivity (Wildman–Crippen MR) is 113 cm³/mol. The molecule has 0 saturated carbocycles. The Morgan fingerprint density at radius 3 is 2.18 bits per heavy atom. The van der Waals surface area contributed by atoms with Gasteiger partial charge in [-0.15, -0.1) is 4.40 Å². The standard InChI is InChI=1S/C21H19ClN2O3S/c1-14-13-18(19(22)15(2)20(14)25)23-21(16-9-5-3-6-10-16)24-28(26,27)17-11-7-4-8-12-17/h3-13,25H,1-2H3,(H,23,24). The number of benzene rings is 3. The summed E-state index contributed by atoms with van der Waals surface area (Å²) in [6.07, 6.45) is 0. The SMILES string of the molecule is Cc1cc(NC(=NS(=O)(=O)c2ccccc2)c2ccccc2)c(Cl)c(C)c1O. The summed E-state index contributed by atoms with van der Waals surface area (Å²) >= 11 is 6.36.